The largest absolute Gasteiger partial charge is 0.409 e. The van der Waals surface area contributed by atoms with Crippen LogP contribution in [0.3, 0.4) is 0 Å². The van der Waals surface area contributed by atoms with Gasteiger partial charge in [0, 0.05) is 17.1 Å². The molecule has 4 rings (SSSR count). The summed E-state index contributed by atoms with van der Waals surface area (Å²) in [4.78, 5) is 21.3. The number of fused-ring (bicyclic) bond motifs is 1. The molecule has 0 fully saturated rings. The Hall–Kier alpha value is -3.52. The van der Waals surface area contributed by atoms with E-state index in [0.29, 0.717) is 10.1 Å². The van der Waals surface area contributed by atoms with E-state index in [2.05, 4.69) is 9.97 Å². The number of benzene rings is 2. The van der Waals surface area contributed by atoms with E-state index in [1.807, 2.05) is 4.72 Å². The van der Waals surface area contributed by atoms with E-state index in [4.69, 9.17) is 0 Å². The van der Waals surface area contributed by atoms with E-state index in [1.54, 1.807) is 24.5 Å². The van der Waals surface area contributed by atoms with Gasteiger partial charge in [0.1, 0.15) is 11.7 Å². The van der Waals surface area contributed by atoms with E-state index >= 15 is 4.39 Å². The van der Waals surface area contributed by atoms with E-state index in [1.165, 1.54) is 18.3 Å². The molecule has 2 aromatic carbocycles. The smallest absolute Gasteiger partial charge is 0.280 e. The summed E-state index contributed by atoms with van der Waals surface area (Å²) in [6, 6.07) is 8.52. The van der Waals surface area contributed by atoms with E-state index in [0.717, 1.165) is 36.9 Å². The minimum absolute atomic E-state index is 0.0130. The Labute approximate surface area is 217 Å². The first-order valence-electron chi connectivity index (χ1n) is 10.9. The lowest BCUT2D eigenvalue weighted by atomic mass is 10.0. The second-order valence-electron chi connectivity index (χ2n) is 8.22. The molecule has 2 heterocycles. The van der Waals surface area contributed by atoms with E-state index in [9.17, 15) is 30.8 Å². The minimum Gasteiger partial charge on any atom is -0.280 e. The average Bonchev–Trinajstić information content (AvgIpc) is 2.86. The van der Waals surface area contributed by atoms with Gasteiger partial charge in [0.05, 0.1) is 17.0 Å². The van der Waals surface area contributed by atoms with Gasteiger partial charge in [-0.2, -0.15) is 13.2 Å². The number of alkyl halides is 3. The van der Waals surface area contributed by atoms with Crippen LogP contribution in [-0.4, -0.2) is 35.4 Å². The van der Waals surface area contributed by atoms with Gasteiger partial charge in [-0.05, 0) is 36.9 Å². The number of pyridine rings is 1. The van der Waals surface area contributed by atoms with Gasteiger partial charge in [0.25, 0.3) is 5.56 Å². The zero-order chi connectivity index (χ0) is 27.8. The number of nitrogens with zero attached hydrogens (tertiary/aromatic N) is 3. The first kappa shape index (κ1) is 27.5. The maximum Gasteiger partial charge on any atom is 0.409 e. The average molecular weight is 571 g/mol. The number of thioether (sulfide) groups is 1. The third kappa shape index (κ3) is 5.50. The zero-order valence-electron chi connectivity index (χ0n) is 19.8. The molecule has 0 amide bonds. The number of hydrogen-bond donors (Lipinski definition) is 1. The molecule has 7 nitrogen and oxygen atoms in total. The zero-order valence-corrected chi connectivity index (χ0v) is 21.4. The molecule has 1 unspecified atom stereocenters. The fourth-order valence-corrected chi connectivity index (χ4v) is 5.27. The maximum absolute atomic E-state index is 15.2. The molecule has 1 atom stereocenters. The summed E-state index contributed by atoms with van der Waals surface area (Å²) in [6.07, 6.45) is -2.08. The summed E-state index contributed by atoms with van der Waals surface area (Å²) >= 11 is 1.04. The van der Waals surface area contributed by atoms with Crippen LogP contribution in [0, 0.1) is 11.6 Å². The topological polar surface area (TPSA) is 94.0 Å². The second-order valence-corrected chi connectivity index (χ2v) is 10.7. The maximum atomic E-state index is 15.2. The predicted molar refractivity (Wildman–Crippen MR) is 134 cm³/mol. The summed E-state index contributed by atoms with van der Waals surface area (Å²) < 4.78 is 98.5. The van der Waals surface area contributed by atoms with Gasteiger partial charge in [-0.15, -0.1) is 0 Å². The van der Waals surface area contributed by atoms with Crippen molar-refractivity contribution in [2.75, 3.05) is 11.0 Å². The Morgan fingerprint density at radius 1 is 1.05 bits per heavy atom. The first-order valence-corrected chi connectivity index (χ1v) is 13.8. The molecule has 0 bridgehead atoms. The van der Waals surface area contributed by atoms with Crippen LogP contribution in [0.1, 0.15) is 18.5 Å². The van der Waals surface area contributed by atoms with Crippen molar-refractivity contribution in [1.29, 1.82) is 0 Å². The first-order chi connectivity index (χ1) is 17.8. The summed E-state index contributed by atoms with van der Waals surface area (Å²) in [6.45, 7) is 0.743. The Morgan fingerprint density at radius 2 is 1.74 bits per heavy atom. The van der Waals surface area contributed by atoms with Crippen LogP contribution >= 0.6 is 11.8 Å². The summed E-state index contributed by atoms with van der Waals surface area (Å²) in [5.74, 6) is -3.75. The molecule has 0 aliphatic carbocycles. The Kier molecular flexibility index (Phi) is 7.48. The molecule has 0 aliphatic heterocycles. The molecule has 4 aromatic rings. The third-order valence-electron chi connectivity index (χ3n) is 5.63. The van der Waals surface area contributed by atoms with Crippen LogP contribution in [0.5, 0.6) is 0 Å². The van der Waals surface area contributed by atoms with Crippen molar-refractivity contribution >= 4 is 38.5 Å². The highest BCUT2D eigenvalue weighted by atomic mass is 32.2. The van der Waals surface area contributed by atoms with E-state index < -0.39 is 62.0 Å². The quantitative estimate of drug-likeness (QED) is 0.179. The van der Waals surface area contributed by atoms with Gasteiger partial charge in [-0.1, -0.05) is 42.1 Å². The van der Waals surface area contributed by atoms with Crippen LogP contribution in [0.25, 0.3) is 22.2 Å². The Bertz CT molecular complexity index is 1680. The number of halogens is 5. The van der Waals surface area contributed by atoms with Gasteiger partial charge in [-0.25, -0.2) is 27.2 Å². The number of aromatic nitrogens is 3. The summed E-state index contributed by atoms with van der Waals surface area (Å²) in [7, 11) is -4.15. The highest BCUT2D eigenvalue weighted by Crippen LogP contribution is 2.34. The van der Waals surface area contributed by atoms with Crippen molar-refractivity contribution in [1.82, 2.24) is 14.5 Å². The highest BCUT2D eigenvalue weighted by Gasteiger charge is 2.39. The van der Waals surface area contributed by atoms with Gasteiger partial charge in [0.2, 0.25) is 10.0 Å². The Balaban J connectivity index is 1.83. The van der Waals surface area contributed by atoms with Crippen molar-refractivity contribution in [3.8, 4) is 11.1 Å². The van der Waals surface area contributed by atoms with Crippen LogP contribution < -0.4 is 10.3 Å². The normalized spacial score (nSPS) is 13.0. The lowest BCUT2D eigenvalue weighted by molar-refractivity contribution is -0.162. The van der Waals surface area contributed by atoms with Crippen molar-refractivity contribution < 1.29 is 30.4 Å². The molecule has 0 radical (unpaired) electrons. The van der Waals surface area contributed by atoms with Crippen LogP contribution in [-0.2, 0) is 15.8 Å². The van der Waals surface area contributed by atoms with E-state index in [-0.39, 0.29) is 16.2 Å². The lowest BCUT2D eigenvalue weighted by Crippen LogP contribution is -2.34. The van der Waals surface area contributed by atoms with Gasteiger partial charge < -0.3 is 0 Å². The number of rotatable bonds is 7. The fourth-order valence-electron chi connectivity index (χ4n) is 3.74. The Morgan fingerprint density at radius 3 is 2.37 bits per heavy atom. The molecule has 0 saturated carbocycles. The van der Waals surface area contributed by atoms with Crippen LogP contribution in [0.15, 0.2) is 64.7 Å². The SMILES string of the molecule is CSc1ncc2cc(-c3ccc(NS(=O)(=O)Cc4ccccc4)c(F)c3F)c(=O)n(C(C)C(F)(F)F)c2n1. The standard InChI is InChI=1S/C24H19F5N4O3S2/c1-13(24(27,28)29)33-21-15(11-30-23(31-21)37-2)10-17(22(33)34)16-8-9-18(20(26)19(16)25)32-38(35,36)12-14-6-4-3-5-7-14/h3-11,13,32H,12H2,1-2H3. The highest BCUT2D eigenvalue weighted by molar-refractivity contribution is 7.98. The van der Waals surface area contributed by atoms with Gasteiger partial charge in [-0.3, -0.25) is 14.1 Å². The fraction of sp³-hybridized carbons (Fsp3) is 0.208. The van der Waals surface area contributed by atoms with Crippen LogP contribution in [0.2, 0.25) is 0 Å². The molecule has 0 aliphatic rings. The number of nitrogens with one attached hydrogen (secondary N) is 1. The molecular weight excluding hydrogens is 551 g/mol. The monoisotopic (exact) mass is 570 g/mol. The molecule has 2 aromatic heterocycles. The minimum atomic E-state index is -4.86. The predicted octanol–water partition coefficient (Wildman–Crippen LogP) is 5.52. The third-order valence-corrected chi connectivity index (χ3v) is 7.44. The van der Waals surface area contributed by atoms with Crippen molar-refractivity contribution in [3.63, 3.8) is 0 Å². The molecule has 200 valence electrons. The van der Waals surface area contributed by atoms with Crippen LogP contribution in [0.4, 0.5) is 27.6 Å². The lowest BCUT2D eigenvalue weighted by Gasteiger charge is -2.21. The summed E-state index contributed by atoms with van der Waals surface area (Å²) in [5.41, 5.74) is -3.14. The van der Waals surface area contributed by atoms with Gasteiger partial charge >= 0.3 is 6.18 Å². The second kappa shape index (κ2) is 10.3. The molecule has 38 heavy (non-hydrogen) atoms. The molecule has 14 heteroatoms. The van der Waals surface area contributed by atoms with Crippen molar-refractivity contribution in [3.05, 3.63) is 82.3 Å². The van der Waals surface area contributed by atoms with Crippen molar-refractivity contribution in [2.45, 2.75) is 30.1 Å². The van der Waals surface area contributed by atoms with Crippen molar-refractivity contribution in [2.24, 2.45) is 0 Å². The molecule has 1 N–H and O–H groups in total. The molecule has 0 saturated heterocycles. The number of sulfonamides is 1. The number of hydrogen-bond acceptors (Lipinski definition) is 6. The van der Waals surface area contributed by atoms with Gasteiger partial charge in [0.15, 0.2) is 16.8 Å². The molecule has 0 spiro atoms. The number of anilines is 1. The molecular formula is C24H19F5N4O3S2. The summed E-state index contributed by atoms with van der Waals surface area (Å²) in [5, 5.41) is 0.0955.